The number of anilines is 1. The zero-order valence-electron chi connectivity index (χ0n) is 8.33. The summed E-state index contributed by atoms with van der Waals surface area (Å²) in [5.74, 6) is -1.03. The average Bonchev–Trinajstić information content (AvgIpc) is 2.19. The molecule has 4 N–H and O–H groups in total. The van der Waals surface area contributed by atoms with Crippen molar-refractivity contribution in [2.24, 2.45) is 5.73 Å². The molecule has 0 radical (unpaired) electrons. The fraction of sp³-hybridized carbons (Fsp3) is 0.300. The first kappa shape index (κ1) is 11.8. The van der Waals surface area contributed by atoms with Crippen molar-refractivity contribution in [1.29, 1.82) is 0 Å². The monoisotopic (exact) mass is 228 g/mol. The predicted octanol–water partition coefficient (Wildman–Crippen LogP) is 1.47. The van der Waals surface area contributed by atoms with Crippen LogP contribution >= 0.6 is 11.6 Å². The van der Waals surface area contributed by atoms with E-state index in [2.05, 4.69) is 5.32 Å². The van der Waals surface area contributed by atoms with E-state index in [0.717, 1.165) is 11.3 Å². The van der Waals surface area contributed by atoms with Crippen molar-refractivity contribution in [3.63, 3.8) is 0 Å². The van der Waals surface area contributed by atoms with Crippen LogP contribution < -0.4 is 11.1 Å². The molecule has 0 aliphatic heterocycles. The second kappa shape index (κ2) is 5.00. The molecule has 1 rings (SSSR count). The van der Waals surface area contributed by atoms with Crippen LogP contribution in [0.3, 0.4) is 0 Å². The number of rotatable bonds is 4. The number of aliphatic carboxylic acids is 1. The Kier molecular flexibility index (Phi) is 3.94. The first-order valence-corrected chi connectivity index (χ1v) is 4.87. The van der Waals surface area contributed by atoms with Crippen molar-refractivity contribution in [2.45, 2.75) is 13.0 Å². The topological polar surface area (TPSA) is 75.3 Å². The third-order valence-electron chi connectivity index (χ3n) is 2.10. The van der Waals surface area contributed by atoms with Gasteiger partial charge in [0.05, 0.1) is 0 Å². The Bertz CT molecular complexity index is 368. The Morgan fingerprint density at radius 2 is 2.33 bits per heavy atom. The zero-order chi connectivity index (χ0) is 11.4. The van der Waals surface area contributed by atoms with Gasteiger partial charge in [-0.2, -0.15) is 0 Å². The predicted molar refractivity (Wildman–Crippen MR) is 60.3 cm³/mol. The number of benzene rings is 1. The summed E-state index contributed by atoms with van der Waals surface area (Å²) < 4.78 is 0. The van der Waals surface area contributed by atoms with Crippen molar-refractivity contribution in [1.82, 2.24) is 0 Å². The molecule has 0 fully saturated rings. The second-order valence-electron chi connectivity index (χ2n) is 3.24. The van der Waals surface area contributed by atoms with E-state index >= 15 is 0 Å². The van der Waals surface area contributed by atoms with E-state index in [1.807, 2.05) is 13.0 Å². The van der Waals surface area contributed by atoms with Crippen molar-refractivity contribution in [2.75, 3.05) is 11.9 Å². The minimum Gasteiger partial charge on any atom is -0.480 e. The van der Waals surface area contributed by atoms with Crippen molar-refractivity contribution in [3.05, 3.63) is 28.8 Å². The van der Waals surface area contributed by atoms with Gasteiger partial charge < -0.3 is 16.2 Å². The fourth-order valence-corrected chi connectivity index (χ4v) is 1.28. The second-order valence-corrected chi connectivity index (χ2v) is 3.65. The van der Waals surface area contributed by atoms with Gasteiger partial charge in [-0.25, -0.2) is 0 Å². The number of nitrogens with one attached hydrogen (secondary N) is 1. The first-order chi connectivity index (χ1) is 7.02. The number of carboxylic acids is 1. The van der Waals surface area contributed by atoms with E-state index in [0.29, 0.717) is 5.02 Å². The highest BCUT2D eigenvalue weighted by Crippen LogP contribution is 2.22. The lowest BCUT2D eigenvalue weighted by Gasteiger charge is -2.12. The third-order valence-corrected chi connectivity index (χ3v) is 2.51. The van der Waals surface area contributed by atoms with Crippen LogP contribution in [0.15, 0.2) is 18.2 Å². The third kappa shape index (κ3) is 3.11. The lowest BCUT2D eigenvalue weighted by atomic mass is 10.2. The Hall–Kier alpha value is -1.26. The minimum atomic E-state index is -1.03. The molecule has 0 spiro atoms. The molecule has 0 bridgehead atoms. The van der Waals surface area contributed by atoms with Gasteiger partial charge in [-0.05, 0) is 24.6 Å². The SMILES string of the molecule is Cc1c(Cl)cccc1NCC(N)C(=O)O. The van der Waals surface area contributed by atoms with Crippen LogP contribution in [0.1, 0.15) is 5.56 Å². The minimum absolute atomic E-state index is 0.177. The largest absolute Gasteiger partial charge is 0.480 e. The molecule has 1 unspecified atom stereocenters. The lowest BCUT2D eigenvalue weighted by Crippen LogP contribution is -2.37. The molecular weight excluding hydrogens is 216 g/mol. The maximum absolute atomic E-state index is 10.5. The zero-order valence-corrected chi connectivity index (χ0v) is 9.08. The molecule has 5 heteroatoms. The van der Waals surface area contributed by atoms with Gasteiger partial charge in [0, 0.05) is 17.3 Å². The van der Waals surface area contributed by atoms with Gasteiger partial charge in [0.15, 0.2) is 0 Å². The van der Waals surface area contributed by atoms with E-state index in [1.165, 1.54) is 0 Å². The van der Waals surface area contributed by atoms with E-state index < -0.39 is 12.0 Å². The van der Waals surface area contributed by atoms with Gasteiger partial charge in [-0.3, -0.25) is 4.79 Å². The fourth-order valence-electron chi connectivity index (χ4n) is 1.11. The molecule has 82 valence electrons. The van der Waals surface area contributed by atoms with Crippen LogP contribution in [0.2, 0.25) is 5.02 Å². The molecule has 0 aliphatic carbocycles. The Balaban J connectivity index is 2.66. The lowest BCUT2D eigenvalue weighted by molar-refractivity contribution is -0.138. The van der Waals surface area contributed by atoms with Gasteiger partial charge in [0.25, 0.3) is 0 Å². The van der Waals surface area contributed by atoms with Gasteiger partial charge in [0.2, 0.25) is 0 Å². The molecule has 0 saturated carbocycles. The summed E-state index contributed by atoms with van der Waals surface area (Å²) in [5.41, 5.74) is 7.05. The molecule has 0 heterocycles. The van der Waals surface area contributed by atoms with Gasteiger partial charge in [-0.1, -0.05) is 17.7 Å². The summed E-state index contributed by atoms with van der Waals surface area (Å²) >= 11 is 5.90. The summed E-state index contributed by atoms with van der Waals surface area (Å²) in [4.78, 5) is 10.5. The summed E-state index contributed by atoms with van der Waals surface area (Å²) in [5, 5.41) is 12.2. The molecule has 15 heavy (non-hydrogen) atoms. The maximum atomic E-state index is 10.5. The van der Waals surface area contributed by atoms with Crippen LogP contribution in [0, 0.1) is 6.92 Å². The highest BCUT2D eigenvalue weighted by Gasteiger charge is 2.11. The number of nitrogens with two attached hydrogens (primary N) is 1. The van der Waals surface area contributed by atoms with Crippen LogP contribution in [0.5, 0.6) is 0 Å². The van der Waals surface area contributed by atoms with Gasteiger partial charge >= 0.3 is 5.97 Å². The van der Waals surface area contributed by atoms with E-state index in [-0.39, 0.29) is 6.54 Å². The Labute approximate surface area is 93.0 Å². The smallest absolute Gasteiger partial charge is 0.322 e. The highest BCUT2D eigenvalue weighted by atomic mass is 35.5. The number of hydrogen-bond donors (Lipinski definition) is 3. The van der Waals surface area contributed by atoms with Gasteiger partial charge in [-0.15, -0.1) is 0 Å². The standard InChI is InChI=1S/C10H13ClN2O2/c1-6-7(11)3-2-4-9(6)13-5-8(12)10(14)15/h2-4,8,13H,5,12H2,1H3,(H,14,15). The molecule has 0 saturated heterocycles. The van der Waals surface area contributed by atoms with Gasteiger partial charge in [0.1, 0.15) is 6.04 Å². The summed E-state index contributed by atoms with van der Waals surface area (Å²) in [6.07, 6.45) is 0. The normalized spacial score (nSPS) is 12.2. The molecule has 1 atom stereocenters. The summed E-state index contributed by atoms with van der Waals surface area (Å²) in [6, 6.07) is 4.49. The molecule has 4 nitrogen and oxygen atoms in total. The van der Waals surface area contributed by atoms with Crippen molar-refractivity contribution < 1.29 is 9.90 Å². The molecule has 0 aliphatic rings. The number of halogens is 1. The van der Waals surface area contributed by atoms with Crippen molar-refractivity contribution >= 4 is 23.3 Å². The van der Waals surface area contributed by atoms with Crippen LogP contribution in [-0.2, 0) is 4.79 Å². The molecule has 1 aromatic carbocycles. The number of carboxylic acid groups (broad SMARTS) is 1. The molecule has 1 aromatic rings. The highest BCUT2D eigenvalue weighted by molar-refractivity contribution is 6.31. The molecular formula is C10H13ClN2O2. The van der Waals surface area contributed by atoms with Crippen LogP contribution in [0.4, 0.5) is 5.69 Å². The number of carbonyl (C=O) groups is 1. The first-order valence-electron chi connectivity index (χ1n) is 4.49. The maximum Gasteiger partial charge on any atom is 0.322 e. The van der Waals surface area contributed by atoms with E-state index in [9.17, 15) is 4.79 Å². The summed E-state index contributed by atoms with van der Waals surface area (Å²) in [6.45, 7) is 2.04. The Morgan fingerprint density at radius 3 is 2.93 bits per heavy atom. The molecule has 0 amide bonds. The van der Waals surface area contributed by atoms with Crippen molar-refractivity contribution in [3.8, 4) is 0 Å². The van der Waals surface area contributed by atoms with Crippen LogP contribution in [-0.4, -0.2) is 23.7 Å². The molecule has 0 aromatic heterocycles. The summed E-state index contributed by atoms with van der Waals surface area (Å²) in [7, 11) is 0. The number of hydrogen-bond acceptors (Lipinski definition) is 3. The quantitative estimate of drug-likeness (QED) is 0.730. The van der Waals surface area contributed by atoms with E-state index in [1.54, 1.807) is 12.1 Å². The Morgan fingerprint density at radius 1 is 1.67 bits per heavy atom. The average molecular weight is 229 g/mol. The van der Waals surface area contributed by atoms with E-state index in [4.69, 9.17) is 22.4 Å². The van der Waals surface area contributed by atoms with Crippen LogP contribution in [0.25, 0.3) is 0 Å².